The first-order valence-corrected chi connectivity index (χ1v) is 11.5. The van der Waals surface area contributed by atoms with Gasteiger partial charge in [0.2, 0.25) is 0 Å². The molecule has 3 fully saturated rings. The van der Waals surface area contributed by atoms with Crippen LogP contribution in [-0.2, 0) is 0 Å². The van der Waals surface area contributed by atoms with Gasteiger partial charge in [-0.05, 0) is 81.0 Å². The second-order valence-electron chi connectivity index (χ2n) is 9.71. The average molecular weight is 371 g/mol. The summed E-state index contributed by atoms with van der Waals surface area (Å²) >= 11 is 0. The van der Waals surface area contributed by atoms with Crippen molar-refractivity contribution >= 4 is 0 Å². The maximum absolute atomic E-state index is 13.9. The van der Waals surface area contributed by atoms with Crippen LogP contribution in [0.4, 0.5) is 8.78 Å². The van der Waals surface area contributed by atoms with Gasteiger partial charge in [-0.2, -0.15) is 0 Å². The van der Waals surface area contributed by atoms with Crippen molar-refractivity contribution in [3.05, 3.63) is 0 Å². The van der Waals surface area contributed by atoms with Crippen molar-refractivity contribution in [3.63, 3.8) is 0 Å². The quantitative estimate of drug-likeness (QED) is 0.520. The van der Waals surface area contributed by atoms with E-state index in [1.54, 1.807) is 0 Å². The highest BCUT2D eigenvalue weighted by atomic mass is 19.1. The van der Waals surface area contributed by atoms with Gasteiger partial charge >= 0.3 is 0 Å². The molecule has 0 bridgehead atoms. The number of aliphatic hydroxyl groups is 1. The normalized spacial score (nSPS) is 44.8. The third-order valence-corrected chi connectivity index (χ3v) is 8.05. The maximum atomic E-state index is 13.9. The van der Waals surface area contributed by atoms with Crippen molar-refractivity contribution < 1.29 is 13.9 Å². The summed E-state index contributed by atoms with van der Waals surface area (Å²) in [7, 11) is 0. The zero-order valence-electron chi connectivity index (χ0n) is 16.7. The van der Waals surface area contributed by atoms with Crippen LogP contribution in [0.3, 0.4) is 0 Å². The van der Waals surface area contributed by atoms with E-state index in [0.29, 0.717) is 18.8 Å². The van der Waals surface area contributed by atoms with Gasteiger partial charge in [0.25, 0.3) is 0 Å². The highest BCUT2D eigenvalue weighted by Crippen LogP contribution is 2.46. The number of rotatable bonds is 6. The van der Waals surface area contributed by atoms with E-state index in [1.807, 2.05) is 0 Å². The molecule has 0 aromatic heterocycles. The lowest BCUT2D eigenvalue weighted by Gasteiger charge is -2.42. The summed E-state index contributed by atoms with van der Waals surface area (Å²) in [5.74, 6) is 3.39. The molecule has 26 heavy (non-hydrogen) atoms. The van der Waals surface area contributed by atoms with Gasteiger partial charge in [-0.15, -0.1) is 0 Å². The minimum atomic E-state index is -1.38. The van der Waals surface area contributed by atoms with E-state index in [9.17, 15) is 13.9 Å². The largest absolute Gasteiger partial charge is 0.387 e. The van der Waals surface area contributed by atoms with Gasteiger partial charge in [-0.1, -0.05) is 45.4 Å². The second kappa shape index (κ2) is 9.85. The van der Waals surface area contributed by atoms with Crippen LogP contribution in [0.15, 0.2) is 0 Å². The molecular weight excluding hydrogens is 330 g/mol. The Morgan fingerprint density at radius 2 is 1.15 bits per heavy atom. The molecule has 2 unspecified atom stereocenters. The van der Waals surface area contributed by atoms with Gasteiger partial charge in [0.05, 0.1) is 0 Å². The Balaban J connectivity index is 1.38. The fraction of sp³-hybridized carbons (Fsp3) is 1.00. The van der Waals surface area contributed by atoms with E-state index in [2.05, 4.69) is 6.92 Å². The summed E-state index contributed by atoms with van der Waals surface area (Å²) in [5.41, 5.74) is 0. The van der Waals surface area contributed by atoms with E-state index >= 15 is 0 Å². The van der Waals surface area contributed by atoms with E-state index < -0.39 is 18.4 Å². The predicted molar refractivity (Wildman–Crippen MR) is 104 cm³/mol. The Morgan fingerprint density at radius 3 is 1.65 bits per heavy atom. The summed E-state index contributed by atoms with van der Waals surface area (Å²) in [6, 6.07) is 0. The molecule has 0 aromatic rings. The summed E-state index contributed by atoms with van der Waals surface area (Å²) < 4.78 is 27.7. The Hall–Kier alpha value is -0.180. The topological polar surface area (TPSA) is 20.2 Å². The van der Waals surface area contributed by atoms with Crippen LogP contribution in [-0.4, -0.2) is 23.6 Å². The minimum Gasteiger partial charge on any atom is -0.387 e. The van der Waals surface area contributed by atoms with E-state index in [0.717, 1.165) is 30.6 Å². The molecule has 2 atom stereocenters. The Morgan fingerprint density at radius 1 is 0.692 bits per heavy atom. The zero-order valence-corrected chi connectivity index (χ0v) is 16.7. The van der Waals surface area contributed by atoms with Crippen molar-refractivity contribution in [2.75, 3.05) is 0 Å². The number of aliphatic hydroxyl groups excluding tert-OH is 1. The molecule has 1 nitrogen and oxygen atoms in total. The molecule has 3 rings (SSSR count). The molecule has 0 heterocycles. The Bertz CT molecular complexity index is 387. The molecule has 3 aliphatic rings. The summed E-state index contributed by atoms with van der Waals surface area (Å²) in [5, 5.41) is 9.51. The first-order chi connectivity index (χ1) is 12.6. The lowest BCUT2D eigenvalue weighted by atomic mass is 9.65. The third kappa shape index (κ3) is 5.20. The fourth-order valence-corrected chi connectivity index (χ4v) is 6.28. The van der Waals surface area contributed by atoms with Crippen LogP contribution >= 0.6 is 0 Å². The van der Waals surface area contributed by atoms with Crippen LogP contribution in [0.2, 0.25) is 0 Å². The molecule has 0 amide bonds. The first-order valence-electron chi connectivity index (χ1n) is 11.5. The van der Waals surface area contributed by atoms with Crippen molar-refractivity contribution in [3.8, 4) is 0 Å². The van der Waals surface area contributed by atoms with Crippen LogP contribution in [0.5, 0.6) is 0 Å². The lowest BCUT2D eigenvalue weighted by molar-refractivity contribution is -0.0504. The summed E-state index contributed by atoms with van der Waals surface area (Å²) in [4.78, 5) is 0. The monoisotopic (exact) mass is 370 g/mol. The predicted octanol–water partition coefficient (Wildman–Crippen LogP) is 6.63. The third-order valence-electron chi connectivity index (χ3n) is 8.05. The molecule has 0 aliphatic heterocycles. The summed E-state index contributed by atoms with van der Waals surface area (Å²) in [6.45, 7) is 2.28. The molecule has 152 valence electrons. The van der Waals surface area contributed by atoms with Crippen molar-refractivity contribution in [1.29, 1.82) is 0 Å². The van der Waals surface area contributed by atoms with Gasteiger partial charge in [-0.3, -0.25) is 0 Å². The van der Waals surface area contributed by atoms with Crippen LogP contribution < -0.4 is 0 Å². The molecular formula is C23H40F2O. The van der Waals surface area contributed by atoms with Gasteiger partial charge in [0, 0.05) is 0 Å². The second-order valence-corrected chi connectivity index (χ2v) is 9.71. The minimum absolute atomic E-state index is 0.152. The Labute approximate surface area is 159 Å². The molecule has 0 radical (unpaired) electrons. The van der Waals surface area contributed by atoms with Crippen LogP contribution in [0.1, 0.15) is 96.8 Å². The summed E-state index contributed by atoms with van der Waals surface area (Å²) in [6.07, 6.45) is 12.8. The standard InChI is InChI=1S/C23H40F2O/c1-2-3-4-5-16-6-8-17(9-7-16)18-10-12-19(13-11-18)20-14-21(24)23(26)22(25)15-20/h16-23,26H,2-15H2,1H3. The fourth-order valence-electron chi connectivity index (χ4n) is 6.28. The number of halogens is 2. The van der Waals surface area contributed by atoms with Gasteiger partial charge in [0.1, 0.15) is 18.4 Å². The first kappa shape index (κ1) is 20.6. The van der Waals surface area contributed by atoms with E-state index in [-0.39, 0.29) is 5.92 Å². The average Bonchev–Trinajstić information content (AvgIpc) is 2.67. The number of hydrogen-bond donors (Lipinski definition) is 1. The molecule has 0 saturated heterocycles. The molecule has 0 aromatic carbocycles. The van der Waals surface area contributed by atoms with E-state index in [4.69, 9.17) is 0 Å². The Kier molecular flexibility index (Phi) is 7.78. The highest BCUT2D eigenvalue weighted by molar-refractivity contribution is 4.91. The van der Waals surface area contributed by atoms with E-state index in [1.165, 1.54) is 64.2 Å². The van der Waals surface area contributed by atoms with Crippen LogP contribution in [0.25, 0.3) is 0 Å². The number of hydrogen-bond acceptors (Lipinski definition) is 1. The van der Waals surface area contributed by atoms with Gasteiger partial charge < -0.3 is 5.11 Å². The lowest BCUT2D eigenvalue weighted by Crippen LogP contribution is -2.42. The van der Waals surface area contributed by atoms with Crippen molar-refractivity contribution in [2.24, 2.45) is 29.6 Å². The smallest absolute Gasteiger partial charge is 0.129 e. The number of alkyl halides is 2. The number of unbranched alkanes of at least 4 members (excludes halogenated alkanes) is 2. The zero-order chi connectivity index (χ0) is 18.5. The van der Waals surface area contributed by atoms with Crippen molar-refractivity contribution in [1.82, 2.24) is 0 Å². The van der Waals surface area contributed by atoms with Crippen LogP contribution in [0, 0.1) is 29.6 Å². The molecule has 0 spiro atoms. The maximum Gasteiger partial charge on any atom is 0.129 e. The van der Waals surface area contributed by atoms with Crippen molar-refractivity contribution in [2.45, 2.75) is 115 Å². The molecule has 1 N–H and O–H groups in total. The highest BCUT2D eigenvalue weighted by Gasteiger charge is 2.41. The van der Waals surface area contributed by atoms with Gasteiger partial charge in [-0.25, -0.2) is 8.78 Å². The molecule has 3 saturated carbocycles. The molecule has 3 heteroatoms. The van der Waals surface area contributed by atoms with Gasteiger partial charge in [0.15, 0.2) is 0 Å². The SMILES string of the molecule is CCCCCC1CCC(C2CCC(C3CC(F)C(O)C(F)C3)CC2)CC1. The molecule has 3 aliphatic carbocycles.